The van der Waals surface area contributed by atoms with Crippen LogP contribution in [0.4, 0.5) is 17.6 Å². The molecule has 1 aliphatic heterocycles. The monoisotopic (exact) mass is 469 g/mol. The van der Waals surface area contributed by atoms with Crippen molar-refractivity contribution < 1.29 is 42.1 Å². The number of carboxylic acids is 2. The minimum atomic E-state index is -5.08. The van der Waals surface area contributed by atoms with Gasteiger partial charge in [0.1, 0.15) is 6.61 Å². The van der Waals surface area contributed by atoms with E-state index in [1.165, 1.54) is 0 Å². The number of aromatic nitrogens is 1. The molecule has 0 aromatic carbocycles. The number of carboxylic acid groups (broad SMARTS) is 2. The second-order valence-electron chi connectivity index (χ2n) is 6.46. The Bertz CT molecular complexity index is 739. The molecule has 31 heavy (non-hydrogen) atoms. The van der Waals surface area contributed by atoms with Crippen LogP contribution in [0, 0.1) is 5.92 Å². The lowest BCUT2D eigenvalue weighted by Gasteiger charge is -2.30. The van der Waals surface area contributed by atoms with Gasteiger partial charge in [0.05, 0.1) is 6.33 Å². The number of nitrogens with zero attached hydrogens (tertiary/aromatic N) is 2. The average Bonchev–Trinajstić information content (AvgIpc) is 2.71. The van der Waals surface area contributed by atoms with Crippen LogP contribution in [0.5, 0.6) is 5.88 Å². The standard InChI is InChI=1S/C16H22FN3O3S.C2HF3O2/c17-8-13(9-18)11-23-15-2-1-14(10-19-15)24-20-5-3-12(4-6-20)7-16(21)22;3-2(4,5)1(6)7/h1-2,8,10,12H,3-7,9,11,18H2,(H,21,22);(H,6,7)/b13-8-;. The summed E-state index contributed by atoms with van der Waals surface area (Å²) in [6.07, 6.45) is -0.871. The average molecular weight is 469 g/mol. The minimum Gasteiger partial charge on any atom is -0.481 e. The van der Waals surface area contributed by atoms with E-state index in [-0.39, 0.29) is 25.5 Å². The molecular weight excluding hydrogens is 446 g/mol. The fourth-order valence-corrected chi connectivity index (χ4v) is 3.33. The zero-order valence-electron chi connectivity index (χ0n) is 16.3. The van der Waals surface area contributed by atoms with E-state index in [4.69, 9.17) is 25.5 Å². The summed E-state index contributed by atoms with van der Waals surface area (Å²) in [5, 5.41) is 16.0. The molecule has 2 heterocycles. The molecule has 0 saturated carbocycles. The highest BCUT2D eigenvalue weighted by atomic mass is 32.2. The maximum absolute atomic E-state index is 12.4. The van der Waals surface area contributed by atoms with Gasteiger partial charge in [-0.05, 0) is 36.8 Å². The van der Waals surface area contributed by atoms with Crippen LogP contribution in [-0.4, -0.2) is 63.9 Å². The summed E-state index contributed by atoms with van der Waals surface area (Å²) in [6.45, 7) is 1.93. The predicted molar refractivity (Wildman–Crippen MR) is 104 cm³/mol. The molecule has 1 aliphatic rings. The first-order chi connectivity index (χ1) is 14.5. The molecule has 0 bridgehead atoms. The van der Waals surface area contributed by atoms with E-state index < -0.39 is 18.1 Å². The first-order valence-corrected chi connectivity index (χ1v) is 9.84. The van der Waals surface area contributed by atoms with Crippen LogP contribution in [0.25, 0.3) is 0 Å². The molecule has 0 atom stereocenters. The highest BCUT2D eigenvalue weighted by Gasteiger charge is 2.38. The van der Waals surface area contributed by atoms with E-state index in [0.717, 1.165) is 30.8 Å². The molecule has 0 radical (unpaired) electrons. The molecule has 1 saturated heterocycles. The van der Waals surface area contributed by atoms with Crippen LogP contribution in [0.3, 0.4) is 0 Å². The number of hydrogen-bond acceptors (Lipinski definition) is 7. The van der Waals surface area contributed by atoms with Gasteiger partial charge in [-0.2, -0.15) is 13.2 Å². The Balaban J connectivity index is 0.000000592. The smallest absolute Gasteiger partial charge is 0.481 e. The molecular formula is C18H23F4N3O5S. The Hall–Kier alpha value is -2.38. The summed E-state index contributed by atoms with van der Waals surface area (Å²) >= 11 is 1.60. The quantitative estimate of drug-likeness (QED) is 0.389. The third-order valence-electron chi connectivity index (χ3n) is 4.04. The molecule has 174 valence electrons. The lowest BCUT2D eigenvalue weighted by molar-refractivity contribution is -0.192. The van der Waals surface area contributed by atoms with E-state index in [1.54, 1.807) is 24.2 Å². The van der Waals surface area contributed by atoms with E-state index >= 15 is 0 Å². The maximum atomic E-state index is 12.4. The van der Waals surface area contributed by atoms with Gasteiger partial charge in [0.2, 0.25) is 5.88 Å². The highest BCUT2D eigenvalue weighted by molar-refractivity contribution is 7.97. The first-order valence-electron chi connectivity index (χ1n) is 9.07. The Morgan fingerprint density at radius 1 is 1.29 bits per heavy atom. The van der Waals surface area contributed by atoms with Crippen LogP contribution in [0.15, 0.2) is 35.1 Å². The number of alkyl halides is 3. The SMILES string of the molecule is NC/C(=C/F)COc1ccc(SN2CCC(CC(=O)O)CC2)cn1.O=C(O)C(F)(F)F. The van der Waals surface area contributed by atoms with Crippen LogP contribution in [0.1, 0.15) is 19.3 Å². The number of hydrogen-bond donors (Lipinski definition) is 3. The second kappa shape index (κ2) is 13.1. The first kappa shape index (κ1) is 26.7. The molecule has 8 nitrogen and oxygen atoms in total. The van der Waals surface area contributed by atoms with Gasteiger partial charge in [0.25, 0.3) is 0 Å². The molecule has 0 unspecified atom stereocenters. The van der Waals surface area contributed by atoms with E-state index in [9.17, 15) is 22.4 Å². The largest absolute Gasteiger partial charge is 0.490 e. The third-order valence-corrected chi connectivity index (χ3v) is 5.12. The Labute approximate surface area is 180 Å². The number of piperidine rings is 1. The Morgan fingerprint density at radius 2 is 1.90 bits per heavy atom. The van der Waals surface area contributed by atoms with Crippen molar-refractivity contribution in [1.82, 2.24) is 9.29 Å². The summed E-state index contributed by atoms with van der Waals surface area (Å²) < 4.78 is 51.7. The van der Waals surface area contributed by atoms with Gasteiger partial charge in [-0.15, -0.1) is 0 Å². The van der Waals surface area contributed by atoms with Crippen molar-refractivity contribution in [2.45, 2.75) is 30.3 Å². The normalized spacial score (nSPS) is 15.7. The summed E-state index contributed by atoms with van der Waals surface area (Å²) in [6, 6.07) is 3.64. The van der Waals surface area contributed by atoms with Crippen molar-refractivity contribution in [2.24, 2.45) is 11.7 Å². The number of pyridine rings is 1. The molecule has 1 aromatic rings. The third kappa shape index (κ3) is 11.0. The summed E-state index contributed by atoms with van der Waals surface area (Å²) in [5.74, 6) is -2.78. The molecule has 1 fully saturated rings. The van der Waals surface area contributed by atoms with Gasteiger partial charge in [-0.1, -0.05) is 0 Å². The van der Waals surface area contributed by atoms with Crippen molar-refractivity contribution in [3.63, 3.8) is 0 Å². The Kier molecular flexibility index (Phi) is 11.3. The number of carbonyl (C=O) groups is 2. The van der Waals surface area contributed by atoms with Crippen molar-refractivity contribution in [2.75, 3.05) is 26.2 Å². The summed E-state index contributed by atoms with van der Waals surface area (Å²) in [5.41, 5.74) is 5.74. The lowest BCUT2D eigenvalue weighted by Crippen LogP contribution is -2.29. The summed E-state index contributed by atoms with van der Waals surface area (Å²) in [4.78, 5) is 24.8. The fourth-order valence-electron chi connectivity index (χ4n) is 2.41. The Morgan fingerprint density at radius 3 is 2.32 bits per heavy atom. The van der Waals surface area contributed by atoms with Gasteiger partial charge in [0.15, 0.2) is 0 Å². The molecule has 0 spiro atoms. The molecule has 0 amide bonds. The highest BCUT2D eigenvalue weighted by Crippen LogP contribution is 2.29. The van der Waals surface area contributed by atoms with Gasteiger partial charge in [-0.3, -0.25) is 4.79 Å². The van der Waals surface area contributed by atoms with Gasteiger partial charge in [-0.25, -0.2) is 18.5 Å². The van der Waals surface area contributed by atoms with E-state index in [2.05, 4.69) is 9.29 Å². The second-order valence-corrected chi connectivity index (χ2v) is 7.63. The van der Waals surface area contributed by atoms with Gasteiger partial charge in [0, 0.05) is 48.8 Å². The van der Waals surface area contributed by atoms with E-state index in [1.807, 2.05) is 6.07 Å². The number of nitrogens with two attached hydrogens (primary N) is 1. The van der Waals surface area contributed by atoms with Crippen LogP contribution < -0.4 is 10.5 Å². The van der Waals surface area contributed by atoms with Crippen LogP contribution in [0.2, 0.25) is 0 Å². The molecule has 13 heteroatoms. The number of halogens is 4. The minimum absolute atomic E-state index is 0.0869. The molecule has 4 N–H and O–H groups in total. The van der Waals surface area contributed by atoms with Gasteiger partial charge < -0.3 is 20.7 Å². The molecule has 2 rings (SSSR count). The van der Waals surface area contributed by atoms with Crippen molar-refractivity contribution in [1.29, 1.82) is 0 Å². The van der Waals surface area contributed by atoms with E-state index in [0.29, 0.717) is 17.8 Å². The van der Waals surface area contributed by atoms with Crippen molar-refractivity contribution in [3.8, 4) is 5.88 Å². The molecule has 1 aromatic heterocycles. The van der Waals surface area contributed by atoms with Crippen LogP contribution in [-0.2, 0) is 9.59 Å². The molecule has 0 aliphatic carbocycles. The fraction of sp³-hybridized carbons (Fsp3) is 0.500. The zero-order chi connectivity index (χ0) is 23.4. The van der Waals surface area contributed by atoms with Crippen LogP contribution >= 0.6 is 11.9 Å². The van der Waals surface area contributed by atoms with Crippen molar-refractivity contribution >= 4 is 23.9 Å². The van der Waals surface area contributed by atoms with Crippen molar-refractivity contribution in [3.05, 3.63) is 30.2 Å². The maximum Gasteiger partial charge on any atom is 0.490 e. The topological polar surface area (TPSA) is 126 Å². The lowest BCUT2D eigenvalue weighted by atomic mass is 9.95. The van der Waals surface area contributed by atoms with Gasteiger partial charge >= 0.3 is 18.1 Å². The number of rotatable bonds is 8. The predicted octanol–water partition coefficient (Wildman–Crippen LogP) is 3.10. The summed E-state index contributed by atoms with van der Waals surface area (Å²) in [7, 11) is 0. The number of ether oxygens (including phenoxy) is 1. The number of aliphatic carboxylic acids is 2. The zero-order valence-corrected chi connectivity index (χ0v) is 17.2.